The molecule has 2 aromatic carbocycles. The van der Waals surface area contributed by atoms with Crippen LogP contribution < -0.4 is 5.73 Å². The average Bonchev–Trinajstić information content (AvgIpc) is 3.53. The second-order valence-electron chi connectivity index (χ2n) is 9.77. The van der Waals surface area contributed by atoms with Crippen LogP contribution in [0.4, 0.5) is 5.82 Å². The minimum atomic E-state index is -0.720. The third kappa shape index (κ3) is 4.73. The molecule has 8 heteroatoms. The van der Waals surface area contributed by atoms with Gasteiger partial charge < -0.3 is 10.8 Å². The summed E-state index contributed by atoms with van der Waals surface area (Å²) >= 11 is 0. The van der Waals surface area contributed by atoms with Crippen LogP contribution in [-0.4, -0.2) is 48.6 Å². The smallest absolute Gasteiger partial charge is 0.303 e. The third-order valence-corrected chi connectivity index (χ3v) is 7.09. The molecular formula is C30H28N6O2. The first kappa shape index (κ1) is 23.8. The van der Waals surface area contributed by atoms with Crippen LogP contribution in [0.2, 0.25) is 0 Å². The van der Waals surface area contributed by atoms with Gasteiger partial charge in [-0.25, -0.2) is 15.0 Å². The number of rotatable bonds is 7. The van der Waals surface area contributed by atoms with E-state index in [1.54, 1.807) is 6.20 Å². The van der Waals surface area contributed by atoms with Crippen LogP contribution in [0.15, 0.2) is 85.1 Å². The van der Waals surface area contributed by atoms with Crippen LogP contribution in [-0.2, 0) is 11.3 Å². The van der Waals surface area contributed by atoms with Crippen LogP contribution in [0.1, 0.15) is 18.4 Å². The standard InChI is InChI=1S/C30H28N6O2/c31-28-24(7-4-15-32-28)29-34-26-13-12-25(22-5-2-1-3-6-22)33-30(26)36(29)23-10-8-20(9-11-23)18-35-16-14-21(19-35)17-27(37)38/h1-13,15,21H,14,16-19H2,(H2,31,32)(H,37,38). The fourth-order valence-electron chi connectivity index (χ4n) is 5.24. The summed E-state index contributed by atoms with van der Waals surface area (Å²) in [5.74, 6) is 0.602. The Balaban J connectivity index is 1.38. The summed E-state index contributed by atoms with van der Waals surface area (Å²) < 4.78 is 2.04. The lowest BCUT2D eigenvalue weighted by atomic mass is 10.1. The molecule has 1 aliphatic heterocycles. The largest absolute Gasteiger partial charge is 0.481 e. The van der Waals surface area contributed by atoms with E-state index in [1.807, 2.05) is 59.2 Å². The highest BCUT2D eigenvalue weighted by molar-refractivity contribution is 5.84. The fourth-order valence-corrected chi connectivity index (χ4v) is 5.24. The van der Waals surface area contributed by atoms with E-state index in [1.165, 1.54) is 5.56 Å². The topological polar surface area (TPSA) is 110 Å². The highest BCUT2D eigenvalue weighted by Crippen LogP contribution is 2.32. The summed E-state index contributed by atoms with van der Waals surface area (Å²) in [5.41, 5.74) is 12.5. The number of pyridine rings is 2. The van der Waals surface area contributed by atoms with Crippen LogP contribution in [0.5, 0.6) is 0 Å². The van der Waals surface area contributed by atoms with Gasteiger partial charge in [0.2, 0.25) is 0 Å². The maximum atomic E-state index is 11.1. The van der Waals surface area contributed by atoms with Crippen LogP contribution in [0, 0.1) is 5.92 Å². The van der Waals surface area contributed by atoms with Crippen molar-refractivity contribution >= 4 is 23.0 Å². The molecule has 1 aliphatic rings. The summed E-state index contributed by atoms with van der Waals surface area (Å²) in [5, 5.41) is 9.11. The van der Waals surface area contributed by atoms with E-state index in [0.29, 0.717) is 11.6 Å². The van der Waals surface area contributed by atoms with Gasteiger partial charge in [-0.2, -0.15) is 0 Å². The molecule has 0 amide bonds. The van der Waals surface area contributed by atoms with Crippen molar-refractivity contribution in [2.45, 2.75) is 19.4 Å². The molecule has 3 aromatic heterocycles. The molecule has 0 radical (unpaired) electrons. The van der Waals surface area contributed by atoms with Crippen LogP contribution >= 0.6 is 0 Å². The number of hydrogen-bond acceptors (Lipinski definition) is 6. The number of aromatic nitrogens is 4. The lowest BCUT2D eigenvalue weighted by molar-refractivity contribution is -0.138. The Morgan fingerprint density at radius 2 is 1.79 bits per heavy atom. The molecule has 38 heavy (non-hydrogen) atoms. The van der Waals surface area contributed by atoms with Crippen molar-refractivity contribution in [1.82, 2.24) is 24.4 Å². The first-order chi connectivity index (χ1) is 18.5. The maximum absolute atomic E-state index is 11.1. The molecule has 0 bridgehead atoms. The normalized spacial score (nSPS) is 15.7. The molecule has 190 valence electrons. The fraction of sp³-hybridized carbons (Fsp3) is 0.200. The zero-order valence-corrected chi connectivity index (χ0v) is 20.9. The van der Waals surface area contributed by atoms with Gasteiger partial charge in [0, 0.05) is 37.0 Å². The van der Waals surface area contributed by atoms with Gasteiger partial charge in [-0.1, -0.05) is 42.5 Å². The molecule has 0 spiro atoms. The van der Waals surface area contributed by atoms with E-state index in [2.05, 4.69) is 34.1 Å². The maximum Gasteiger partial charge on any atom is 0.303 e. The second kappa shape index (κ2) is 10.1. The molecule has 1 saturated heterocycles. The van der Waals surface area contributed by atoms with E-state index < -0.39 is 5.97 Å². The minimum absolute atomic E-state index is 0.224. The molecule has 6 rings (SSSR count). The van der Waals surface area contributed by atoms with Crippen molar-refractivity contribution in [2.75, 3.05) is 18.8 Å². The number of carbonyl (C=O) groups is 1. The lowest BCUT2D eigenvalue weighted by Gasteiger charge is -2.16. The van der Waals surface area contributed by atoms with Gasteiger partial charge in [-0.3, -0.25) is 14.3 Å². The molecule has 0 saturated carbocycles. The van der Waals surface area contributed by atoms with E-state index in [4.69, 9.17) is 20.8 Å². The SMILES string of the molecule is Nc1ncccc1-c1nc2ccc(-c3ccccc3)nc2n1-c1ccc(CN2CCC(CC(=O)O)C2)cc1. The predicted molar refractivity (Wildman–Crippen MR) is 148 cm³/mol. The number of aliphatic carboxylic acids is 1. The number of imidazole rings is 1. The first-order valence-electron chi connectivity index (χ1n) is 12.7. The van der Waals surface area contributed by atoms with Crippen molar-refractivity contribution in [3.05, 3.63) is 90.6 Å². The number of nitrogens with two attached hydrogens (primary N) is 1. The Kier molecular flexibility index (Phi) is 6.31. The Hall–Kier alpha value is -4.56. The van der Waals surface area contributed by atoms with Gasteiger partial charge in [0.15, 0.2) is 11.5 Å². The number of carboxylic acids is 1. The summed E-state index contributed by atoms with van der Waals surface area (Å²) in [7, 11) is 0. The highest BCUT2D eigenvalue weighted by atomic mass is 16.4. The van der Waals surface area contributed by atoms with Gasteiger partial charge in [-0.05, 0) is 60.8 Å². The first-order valence-corrected chi connectivity index (χ1v) is 12.7. The number of benzene rings is 2. The van der Waals surface area contributed by atoms with Crippen molar-refractivity contribution in [3.63, 3.8) is 0 Å². The zero-order valence-electron chi connectivity index (χ0n) is 20.9. The summed E-state index contributed by atoms with van der Waals surface area (Å²) in [6, 6.07) is 26.2. The highest BCUT2D eigenvalue weighted by Gasteiger charge is 2.24. The molecule has 1 fully saturated rings. The molecule has 1 atom stereocenters. The van der Waals surface area contributed by atoms with Crippen LogP contribution in [0.25, 0.3) is 39.5 Å². The number of anilines is 1. The molecule has 0 aliphatic carbocycles. The number of likely N-dealkylation sites (tertiary alicyclic amines) is 1. The Morgan fingerprint density at radius 3 is 2.55 bits per heavy atom. The molecule has 3 N–H and O–H groups in total. The number of nitrogens with zero attached hydrogens (tertiary/aromatic N) is 5. The van der Waals surface area contributed by atoms with E-state index in [9.17, 15) is 4.79 Å². The molecule has 1 unspecified atom stereocenters. The lowest BCUT2D eigenvalue weighted by Crippen LogP contribution is -2.20. The molecular weight excluding hydrogens is 476 g/mol. The summed E-state index contributed by atoms with van der Waals surface area (Å²) in [4.78, 5) is 27.6. The Bertz CT molecular complexity index is 1600. The second-order valence-corrected chi connectivity index (χ2v) is 9.77. The monoisotopic (exact) mass is 504 g/mol. The average molecular weight is 505 g/mol. The number of hydrogen-bond donors (Lipinski definition) is 2. The van der Waals surface area contributed by atoms with Crippen molar-refractivity contribution in [2.24, 2.45) is 5.92 Å². The van der Waals surface area contributed by atoms with Gasteiger partial charge in [0.1, 0.15) is 11.3 Å². The van der Waals surface area contributed by atoms with Gasteiger partial charge in [0.25, 0.3) is 0 Å². The minimum Gasteiger partial charge on any atom is -0.481 e. The Morgan fingerprint density at radius 1 is 0.974 bits per heavy atom. The van der Waals surface area contributed by atoms with Gasteiger partial charge in [0.05, 0.1) is 11.3 Å². The van der Waals surface area contributed by atoms with Crippen molar-refractivity contribution in [3.8, 4) is 28.3 Å². The zero-order chi connectivity index (χ0) is 26.1. The number of nitrogen functional groups attached to an aromatic ring is 1. The number of fused-ring (bicyclic) bond motifs is 1. The summed E-state index contributed by atoms with van der Waals surface area (Å²) in [6.07, 6.45) is 2.84. The van der Waals surface area contributed by atoms with Crippen LogP contribution in [0.3, 0.4) is 0 Å². The van der Waals surface area contributed by atoms with Gasteiger partial charge in [-0.15, -0.1) is 0 Å². The van der Waals surface area contributed by atoms with Gasteiger partial charge >= 0.3 is 5.97 Å². The predicted octanol–water partition coefficient (Wildman–Crippen LogP) is 5.03. The quantitative estimate of drug-likeness (QED) is 0.320. The van der Waals surface area contributed by atoms with Crippen molar-refractivity contribution < 1.29 is 9.90 Å². The molecule has 5 aromatic rings. The van der Waals surface area contributed by atoms with Crippen molar-refractivity contribution in [1.29, 1.82) is 0 Å². The van der Waals surface area contributed by atoms with E-state index >= 15 is 0 Å². The summed E-state index contributed by atoms with van der Waals surface area (Å²) in [6.45, 7) is 2.53. The molecule has 4 heterocycles. The number of carboxylic acid groups (broad SMARTS) is 1. The Labute approximate surface area is 220 Å². The van der Waals surface area contributed by atoms with E-state index in [-0.39, 0.29) is 12.3 Å². The van der Waals surface area contributed by atoms with E-state index in [0.717, 1.165) is 59.7 Å². The third-order valence-electron chi connectivity index (χ3n) is 7.09. The molecule has 8 nitrogen and oxygen atoms in total.